The van der Waals surface area contributed by atoms with Gasteiger partial charge in [-0.3, -0.25) is 14.4 Å². The molecule has 194 valence electrons. The summed E-state index contributed by atoms with van der Waals surface area (Å²) in [6.45, 7) is 3.72. The average molecular weight is 499 g/mol. The number of hydrogen-bond acceptors (Lipinski definition) is 7. The van der Waals surface area contributed by atoms with Gasteiger partial charge in [-0.15, -0.1) is 0 Å². The molecule has 3 atom stereocenters. The number of amides is 3. The number of nitrogens with one attached hydrogen (secondary N) is 2. The van der Waals surface area contributed by atoms with E-state index < -0.39 is 6.04 Å². The zero-order valence-electron chi connectivity index (χ0n) is 20.6. The molecule has 2 aliphatic rings. The molecule has 1 aromatic carbocycles. The molecule has 2 aromatic rings. The van der Waals surface area contributed by atoms with Crippen molar-refractivity contribution in [1.82, 2.24) is 15.4 Å². The van der Waals surface area contributed by atoms with Crippen molar-refractivity contribution >= 4 is 23.5 Å². The summed E-state index contributed by atoms with van der Waals surface area (Å²) in [7, 11) is 0. The highest BCUT2D eigenvalue weighted by Gasteiger charge is 2.34. The molecule has 0 saturated carbocycles. The first-order valence-corrected chi connectivity index (χ1v) is 12.6. The minimum absolute atomic E-state index is 0.0171. The molecular weight excluding hydrogens is 464 g/mol. The molecule has 0 unspecified atom stereocenters. The van der Waals surface area contributed by atoms with E-state index >= 15 is 0 Å². The lowest BCUT2D eigenvalue weighted by molar-refractivity contribution is -0.143. The molecule has 36 heavy (non-hydrogen) atoms. The number of anilines is 1. The van der Waals surface area contributed by atoms with E-state index in [0.29, 0.717) is 36.9 Å². The number of hydrogen-bond donors (Lipinski definition) is 2. The van der Waals surface area contributed by atoms with Gasteiger partial charge in [-0.2, -0.15) is 0 Å². The van der Waals surface area contributed by atoms with Gasteiger partial charge in [0, 0.05) is 45.2 Å². The molecule has 2 saturated heterocycles. The van der Waals surface area contributed by atoms with Crippen molar-refractivity contribution in [3.8, 4) is 0 Å². The van der Waals surface area contributed by atoms with E-state index in [4.69, 9.17) is 14.0 Å². The van der Waals surface area contributed by atoms with Crippen molar-refractivity contribution in [2.45, 2.75) is 63.7 Å². The second kappa shape index (κ2) is 12.6. The van der Waals surface area contributed by atoms with Crippen LogP contribution in [0.3, 0.4) is 0 Å². The van der Waals surface area contributed by atoms with Crippen LogP contribution < -0.4 is 10.6 Å². The summed E-state index contributed by atoms with van der Waals surface area (Å²) < 4.78 is 16.4. The van der Waals surface area contributed by atoms with Gasteiger partial charge in [0.25, 0.3) is 0 Å². The predicted octanol–water partition coefficient (Wildman–Crippen LogP) is 2.75. The summed E-state index contributed by atoms with van der Waals surface area (Å²) in [4.78, 5) is 41.0. The van der Waals surface area contributed by atoms with Crippen LogP contribution in [0.4, 0.5) is 5.82 Å². The number of rotatable bonds is 11. The Morgan fingerprint density at radius 3 is 2.42 bits per heavy atom. The second-order valence-corrected chi connectivity index (χ2v) is 9.25. The number of carbonyl (C=O) groups excluding carboxylic acids is 3. The number of carbonyl (C=O) groups is 3. The molecule has 2 aliphatic heterocycles. The van der Waals surface area contributed by atoms with Gasteiger partial charge in [-0.1, -0.05) is 35.5 Å². The molecule has 0 aliphatic carbocycles. The smallest absolute Gasteiger partial charge is 0.247 e. The van der Waals surface area contributed by atoms with E-state index in [1.54, 1.807) is 17.9 Å². The van der Waals surface area contributed by atoms with Crippen molar-refractivity contribution in [3.63, 3.8) is 0 Å². The summed E-state index contributed by atoms with van der Waals surface area (Å²) in [6, 6.07) is 10.00. The Kier molecular flexibility index (Phi) is 9.07. The maximum absolute atomic E-state index is 13.5. The monoisotopic (exact) mass is 498 g/mol. The molecule has 2 fully saturated rings. The minimum atomic E-state index is -0.842. The normalized spacial score (nSPS) is 20.1. The van der Waals surface area contributed by atoms with Gasteiger partial charge >= 0.3 is 0 Å². The van der Waals surface area contributed by atoms with Crippen LogP contribution in [0.1, 0.15) is 55.9 Å². The zero-order valence-corrected chi connectivity index (χ0v) is 20.6. The predicted molar refractivity (Wildman–Crippen MR) is 131 cm³/mol. The summed E-state index contributed by atoms with van der Waals surface area (Å²) in [5.74, 6) is -0.0443. The Labute approximate surface area is 210 Å². The highest BCUT2D eigenvalue weighted by atomic mass is 16.5. The van der Waals surface area contributed by atoms with Crippen molar-refractivity contribution < 1.29 is 28.4 Å². The van der Waals surface area contributed by atoms with Gasteiger partial charge in [-0.25, -0.2) is 0 Å². The first kappa shape index (κ1) is 25.8. The Balaban J connectivity index is 1.48. The van der Waals surface area contributed by atoms with E-state index in [1.807, 2.05) is 30.3 Å². The fraction of sp³-hybridized carbons (Fsp3) is 0.538. The number of aryl methyl sites for hydroxylation is 1. The second-order valence-electron chi connectivity index (χ2n) is 9.25. The highest BCUT2D eigenvalue weighted by molar-refractivity contribution is 5.94. The number of ether oxygens (including phenoxy) is 2. The number of nitrogens with zero attached hydrogens (tertiary/aromatic N) is 2. The molecule has 10 nitrogen and oxygen atoms in total. The van der Waals surface area contributed by atoms with Crippen molar-refractivity contribution in [3.05, 3.63) is 47.7 Å². The van der Waals surface area contributed by atoms with Crippen molar-refractivity contribution in [1.29, 1.82) is 0 Å². The molecule has 1 aromatic heterocycles. The lowest BCUT2D eigenvalue weighted by Crippen LogP contribution is -2.47. The standard InChI is InChI=1S/C26H34N4O6/c1-18-15-22(29-36-18)28-23(31)11-12-24(32)30(17-21-10-6-14-35-21)25(19-7-3-2-4-8-19)26(33)27-16-20-9-5-13-34-20/h2-4,7-8,15,20-21,25H,5-6,9-14,16-17H2,1H3,(H,27,33)(H,28,29,31)/t20-,21+,25-/m0/s1. The van der Waals surface area contributed by atoms with Crippen LogP contribution in [-0.4, -0.2) is 66.3 Å². The maximum Gasteiger partial charge on any atom is 0.247 e. The molecule has 3 heterocycles. The third kappa shape index (κ3) is 7.14. The van der Waals surface area contributed by atoms with Crippen LogP contribution in [0.25, 0.3) is 0 Å². The fourth-order valence-electron chi connectivity index (χ4n) is 4.58. The SMILES string of the molecule is Cc1cc(NC(=O)CCC(=O)N(C[C@H]2CCCO2)[C@H](C(=O)NC[C@@H]2CCCO2)c2ccccc2)no1. The van der Waals surface area contributed by atoms with Crippen LogP contribution in [0.15, 0.2) is 40.9 Å². The van der Waals surface area contributed by atoms with E-state index in [-0.39, 0.29) is 49.3 Å². The Hall–Kier alpha value is -3.24. The summed E-state index contributed by atoms with van der Waals surface area (Å²) in [6.07, 6.45) is 3.32. The van der Waals surface area contributed by atoms with Crippen LogP contribution in [0.5, 0.6) is 0 Å². The van der Waals surface area contributed by atoms with Crippen molar-refractivity contribution in [2.24, 2.45) is 0 Å². The first-order valence-electron chi connectivity index (χ1n) is 12.6. The summed E-state index contributed by atoms with van der Waals surface area (Å²) in [5, 5.41) is 9.37. The molecule has 0 radical (unpaired) electrons. The molecule has 10 heteroatoms. The molecule has 3 amide bonds. The number of aromatic nitrogens is 1. The van der Waals surface area contributed by atoms with Gasteiger partial charge in [0.15, 0.2) is 5.82 Å². The molecule has 0 spiro atoms. The first-order chi connectivity index (χ1) is 17.5. The van der Waals surface area contributed by atoms with Crippen LogP contribution in [-0.2, 0) is 23.9 Å². The third-order valence-corrected chi connectivity index (χ3v) is 6.41. The fourth-order valence-corrected chi connectivity index (χ4v) is 4.58. The third-order valence-electron chi connectivity index (χ3n) is 6.41. The molecule has 4 rings (SSSR count). The highest BCUT2D eigenvalue weighted by Crippen LogP contribution is 2.26. The molecule has 2 N–H and O–H groups in total. The number of benzene rings is 1. The Morgan fingerprint density at radius 1 is 1.06 bits per heavy atom. The Morgan fingerprint density at radius 2 is 1.78 bits per heavy atom. The minimum Gasteiger partial charge on any atom is -0.376 e. The quantitative estimate of drug-likeness (QED) is 0.488. The largest absolute Gasteiger partial charge is 0.376 e. The van der Waals surface area contributed by atoms with Crippen LogP contribution in [0.2, 0.25) is 0 Å². The average Bonchev–Trinajstić information content (AvgIpc) is 3.66. The van der Waals surface area contributed by atoms with Crippen molar-refractivity contribution in [2.75, 3.05) is 31.6 Å². The van der Waals surface area contributed by atoms with Gasteiger partial charge < -0.3 is 29.5 Å². The van der Waals surface area contributed by atoms with E-state index in [9.17, 15) is 14.4 Å². The zero-order chi connectivity index (χ0) is 25.3. The van der Waals surface area contributed by atoms with Gasteiger partial charge in [0.05, 0.1) is 12.2 Å². The lowest BCUT2D eigenvalue weighted by atomic mass is 10.0. The molecular formula is C26H34N4O6. The van der Waals surface area contributed by atoms with Crippen LogP contribution >= 0.6 is 0 Å². The maximum atomic E-state index is 13.5. The summed E-state index contributed by atoms with van der Waals surface area (Å²) in [5.41, 5.74) is 0.705. The van der Waals surface area contributed by atoms with Crippen LogP contribution in [0, 0.1) is 6.92 Å². The Bertz CT molecular complexity index is 1010. The van der Waals surface area contributed by atoms with E-state index in [0.717, 1.165) is 25.7 Å². The van der Waals surface area contributed by atoms with Gasteiger partial charge in [-0.05, 0) is 38.2 Å². The van der Waals surface area contributed by atoms with Gasteiger partial charge in [0.2, 0.25) is 17.7 Å². The van der Waals surface area contributed by atoms with E-state index in [1.165, 1.54) is 0 Å². The van der Waals surface area contributed by atoms with E-state index in [2.05, 4.69) is 15.8 Å². The van der Waals surface area contributed by atoms with Gasteiger partial charge in [0.1, 0.15) is 11.8 Å². The topological polar surface area (TPSA) is 123 Å². The lowest BCUT2D eigenvalue weighted by Gasteiger charge is -2.33. The molecule has 0 bridgehead atoms. The summed E-state index contributed by atoms with van der Waals surface area (Å²) >= 11 is 0.